The molecular weight excluding hydrogens is 254 g/mol. The molecule has 0 N–H and O–H groups in total. The first-order valence-corrected chi connectivity index (χ1v) is 6.66. The van der Waals surface area contributed by atoms with E-state index in [0.29, 0.717) is 24.6 Å². The van der Waals surface area contributed by atoms with E-state index in [0.717, 1.165) is 11.1 Å². The molecular formula is C16H23NO3. The molecule has 1 amide bonds. The molecule has 0 aliphatic carbocycles. The first kappa shape index (κ1) is 16.1. The Morgan fingerprint density at radius 2 is 1.85 bits per heavy atom. The number of hydrogen-bond donors (Lipinski definition) is 0. The molecule has 0 saturated carbocycles. The SMILES string of the molecule is CCN(Cc1ccc(OC)c(OC)c1)C(=O)C=C(C)C. The van der Waals surface area contributed by atoms with Crippen molar-refractivity contribution in [3.63, 3.8) is 0 Å². The molecule has 110 valence electrons. The van der Waals surface area contributed by atoms with Crippen molar-refractivity contribution in [3.8, 4) is 11.5 Å². The Bertz CT molecular complexity index is 490. The molecule has 0 aliphatic heterocycles. The normalized spacial score (nSPS) is 9.85. The summed E-state index contributed by atoms with van der Waals surface area (Å²) < 4.78 is 10.5. The molecule has 0 atom stereocenters. The van der Waals surface area contributed by atoms with E-state index in [4.69, 9.17) is 9.47 Å². The predicted molar refractivity (Wildman–Crippen MR) is 80.1 cm³/mol. The molecule has 0 aliphatic rings. The van der Waals surface area contributed by atoms with Gasteiger partial charge in [-0.25, -0.2) is 0 Å². The highest BCUT2D eigenvalue weighted by atomic mass is 16.5. The molecule has 1 aromatic carbocycles. The summed E-state index contributed by atoms with van der Waals surface area (Å²) in [7, 11) is 3.21. The summed E-state index contributed by atoms with van der Waals surface area (Å²) in [4.78, 5) is 13.8. The number of amides is 1. The molecule has 0 spiro atoms. The second-order valence-corrected chi connectivity index (χ2v) is 4.76. The fourth-order valence-corrected chi connectivity index (χ4v) is 1.88. The van der Waals surface area contributed by atoms with Gasteiger partial charge in [0.1, 0.15) is 0 Å². The summed E-state index contributed by atoms with van der Waals surface area (Å²) in [5.74, 6) is 1.40. The van der Waals surface area contributed by atoms with Crippen LogP contribution in [0, 0.1) is 0 Å². The molecule has 4 nitrogen and oxygen atoms in total. The van der Waals surface area contributed by atoms with Gasteiger partial charge in [0.2, 0.25) is 5.91 Å². The van der Waals surface area contributed by atoms with Crippen LogP contribution in [0.25, 0.3) is 0 Å². The van der Waals surface area contributed by atoms with E-state index in [1.54, 1.807) is 25.2 Å². The number of rotatable bonds is 6. The predicted octanol–water partition coefficient (Wildman–Crippen LogP) is 3.02. The zero-order valence-corrected chi connectivity index (χ0v) is 12.9. The van der Waals surface area contributed by atoms with E-state index >= 15 is 0 Å². The molecule has 0 fully saturated rings. The zero-order chi connectivity index (χ0) is 15.1. The first-order chi connectivity index (χ1) is 9.51. The number of allylic oxidation sites excluding steroid dienone is 1. The smallest absolute Gasteiger partial charge is 0.246 e. The summed E-state index contributed by atoms with van der Waals surface area (Å²) in [5.41, 5.74) is 2.01. The van der Waals surface area contributed by atoms with Crippen LogP contribution in [-0.4, -0.2) is 31.6 Å². The van der Waals surface area contributed by atoms with Crippen molar-refractivity contribution >= 4 is 5.91 Å². The molecule has 0 bridgehead atoms. The van der Waals surface area contributed by atoms with Crippen molar-refractivity contribution in [1.82, 2.24) is 4.90 Å². The van der Waals surface area contributed by atoms with Gasteiger partial charge in [0.05, 0.1) is 14.2 Å². The first-order valence-electron chi connectivity index (χ1n) is 6.66. The highest BCUT2D eigenvalue weighted by Gasteiger charge is 2.11. The average Bonchev–Trinajstić information content (AvgIpc) is 2.43. The molecule has 0 heterocycles. The van der Waals surface area contributed by atoms with Gasteiger partial charge in [0.15, 0.2) is 11.5 Å². The Kier molecular flexibility index (Phi) is 6.10. The van der Waals surface area contributed by atoms with Crippen molar-refractivity contribution in [2.45, 2.75) is 27.3 Å². The standard InChI is InChI=1S/C16H23NO3/c1-6-17(16(18)9-12(2)3)11-13-7-8-14(19-4)15(10-13)20-5/h7-10H,6,11H2,1-5H3. The number of hydrogen-bond acceptors (Lipinski definition) is 3. The summed E-state index contributed by atoms with van der Waals surface area (Å²) in [6, 6.07) is 5.70. The average molecular weight is 277 g/mol. The number of carbonyl (C=O) groups is 1. The van der Waals surface area contributed by atoms with Gasteiger partial charge >= 0.3 is 0 Å². The summed E-state index contributed by atoms with van der Waals surface area (Å²) >= 11 is 0. The van der Waals surface area contributed by atoms with Gasteiger partial charge in [-0.15, -0.1) is 0 Å². The maximum Gasteiger partial charge on any atom is 0.246 e. The van der Waals surface area contributed by atoms with Crippen LogP contribution in [0.1, 0.15) is 26.3 Å². The molecule has 20 heavy (non-hydrogen) atoms. The minimum Gasteiger partial charge on any atom is -0.493 e. The van der Waals surface area contributed by atoms with Crippen molar-refractivity contribution in [1.29, 1.82) is 0 Å². The largest absolute Gasteiger partial charge is 0.493 e. The van der Waals surface area contributed by atoms with E-state index in [-0.39, 0.29) is 5.91 Å². The lowest BCUT2D eigenvalue weighted by atomic mass is 10.1. The Morgan fingerprint density at radius 3 is 2.35 bits per heavy atom. The van der Waals surface area contributed by atoms with E-state index in [1.165, 1.54) is 0 Å². The van der Waals surface area contributed by atoms with Crippen LogP contribution in [0.5, 0.6) is 11.5 Å². The van der Waals surface area contributed by atoms with Gasteiger partial charge in [-0.05, 0) is 38.5 Å². The van der Waals surface area contributed by atoms with Gasteiger partial charge in [0.25, 0.3) is 0 Å². The van der Waals surface area contributed by atoms with E-state index in [1.807, 2.05) is 39.0 Å². The molecule has 0 unspecified atom stereocenters. The summed E-state index contributed by atoms with van der Waals surface area (Å²) in [5, 5.41) is 0. The fourth-order valence-electron chi connectivity index (χ4n) is 1.88. The van der Waals surface area contributed by atoms with Crippen molar-refractivity contribution in [3.05, 3.63) is 35.4 Å². The van der Waals surface area contributed by atoms with Crippen LogP contribution in [0.4, 0.5) is 0 Å². The van der Waals surface area contributed by atoms with Crippen LogP contribution < -0.4 is 9.47 Å². The lowest BCUT2D eigenvalue weighted by Crippen LogP contribution is -2.28. The maximum absolute atomic E-state index is 12.1. The van der Waals surface area contributed by atoms with Crippen molar-refractivity contribution < 1.29 is 14.3 Å². The number of benzene rings is 1. The third-order valence-corrected chi connectivity index (χ3v) is 2.93. The van der Waals surface area contributed by atoms with Crippen LogP contribution in [0.2, 0.25) is 0 Å². The van der Waals surface area contributed by atoms with Crippen LogP contribution in [0.3, 0.4) is 0 Å². The number of nitrogens with zero attached hydrogens (tertiary/aromatic N) is 1. The second kappa shape index (κ2) is 7.58. The third-order valence-electron chi connectivity index (χ3n) is 2.93. The fraction of sp³-hybridized carbons (Fsp3) is 0.438. The maximum atomic E-state index is 12.1. The topological polar surface area (TPSA) is 38.8 Å². The van der Waals surface area contributed by atoms with Gasteiger partial charge in [-0.3, -0.25) is 4.79 Å². The number of carbonyl (C=O) groups excluding carboxylic acids is 1. The summed E-state index contributed by atoms with van der Waals surface area (Å²) in [6.45, 7) is 7.03. The summed E-state index contributed by atoms with van der Waals surface area (Å²) in [6.07, 6.45) is 1.66. The molecule has 1 rings (SSSR count). The Balaban J connectivity index is 2.90. The van der Waals surface area contributed by atoms with Crippen LogP contribution in [0.15, 0.2) is 29.8 Å². The highest BCUT2D eigenvalue weighted by molar-refractivity contribution is 5.88. The Labute approximate surface area is 121 Å². The van der Waals surface area contributed by atoms with E-state index in [2.05, 4.69) is 0 Å². The molecule has 0 radical (unpaired) electrons. The van der Waals surface area contributed by atoms with Crippen LogP contribution in [-0.2, 0) is 11.3 Å². The molecule has 4 heteroatoms. The van der Waals surface area contributed by atoms with Crippen molar-refractivity contribution in [2.75, 3.05) is 20.8 Å². The van der Waals surface area contributed by atoms with Gasteiger partial charge < -0.3 is 14.4 Å². The molecule has 0 saturated heterocycles. The minimum atomic E-state index is 0.0299. The van der Waals surface area contributed by atoms with Gasteiger partial charge in [0, 0.05) is 19.2 Å². The van der Waals surface area contributed by atoms with Gasteiger partial charge in [-0.2, -0.15) is 0 Å². The minimum absolute atomic E-state index is 0.0299. The lowest BCUT2D eigenvalue weighted by Gasteiger charge is -2.20. The van der Waals surface area contributed by atoms with E-state index < -0.39 is 0 Å². The van der Waals surface area contributed by atoms with E-state index in [9.17, 15) is 4.79 Å². The molecule has 0 aromatic heterocycles. The van der Waals surface area contributed by atoms with Crippen molar-refractivity contribution in [2.24, 2.45) is 0 Å². The highest BCUT2D eigenvalue weighted by Crippen LogP contribution is 2.28. The Hall–Kier alpha value is -1.97. The lowest BCUT2D eigenvalue weighted by molar-refractivity contribution is -0.126. The van der Waals surface area contributed by atoms with Crippen LogP contribution >= 0.6 is 0 Å². The second-order valence-electron chi connectivity index (χ2n) is 4.76. The Morgan fingerprint density at radius 1 is 1.20 bits per heavy atom. The number of ether oxygens (including phenoxy) is 2. The number of likely N-dealkylation sites (N-methyl/N-ethyl adjacent to an activating group) is 1. The van der Waals surface area contributed by atoms with Gasteiger partial charge in [-0.1, -0.05) is 11.6 Å². The monoisotopic (exact) mass is 277 g/mol. The molecule has 1 aromatic rings. The third kappa shape index (κ3) is 4.30. The number of methoxy groups -OCH3 is 2. The quantitative estimate of drug-likeness (QED) is 0.750. The zero-order valence-electron chi connectivity index (χ0n) is 12.9.